The molecule has 1 aromatic heterocycles. The van der Waals surface area contributed by atoms with Gasteiger partial charge in [0.25, 0.3) is 0 Å². The third kappa shape index (κ3) is 3.87. The van der Waals surface area contributed by atoms with Crippen LogP contribution in [0.2, 0.25) is 0 Å². The molecule has 0 unspecified atom stereocenters. The summed E-state index contributed by atoms with van der Waals surface area (Å²) in [6, 6.07) is 4.75. The zero-order chi connectivity index (χ0) is 15.6. The Kier molecular flexibility index (Phi) is 4.06. The van der Waals surface area contributed by atoms with Crippen molar-refractivity contribution < 1.29 is 18.7 Å². The number of rotatable bonds is 3. The van der Waals surface area contributed by atoms with Crippen LogP contribution in [0.4, 0.5) is 9.18 Å². The van der Waals surface area contributed by atoms with Gasteiger partial charge in [0.15, 0.2) is 11.6 Å². The van der Waals surface area contributed by atoms with Gasteiger partial charge in [-0.1, -0.05) is 0 Å². The molecule has 2 N–H and O–H groups in total. The van der Waals surface area contributed by atoms with Crippen LogP contribution in [-0.4, -0.2) is 23.8 Å². The molecule has 6 heteroatoms. The van der Waals surface area contributed by atoms with Crippen LogP contribution in [0, 0.1) is 5.82 Å². The van der Waals surface area contributed by atoms with E-state index in [1.165, 1.54) is 13.2 Å². The molecule has 0 atom stereocenters. The first-order chi connectivity index (χ1) is 9.78. The molecule has 5 nitrogen and oxygen atoms in total. The third-order valence-corrected chi connectivity index (χ3v) is 2.77. The van der Waals surface area contributed by atoms with E-state index >= 15 is 0 Å². The van der Waals surface area contributed by atoms with Crippen molar-refractivity contribution in [2.24, 2.45) is 0 Å². The van der Waals surface area contributed by atoms with Crippen LogP contribution in [0.1, 0.15) is 26.5 Å². The Bertz CT molecular complexity index is 659. The Morgan fingerprint density at radius 3 is 2.67 bits per heavy atom. The second-order valence-corrected chi connectivity index (χ2v) is 5.72. The number of fused-ring (bicyclic) bond motifs is 1. The molecule has 1 amide bonds. The fourth-order valence-corrected chi connectivity index (χ4v) is 1.93. The van der Waals surface area contributed by atoms with Crippen LogP contribution in [-0.2, 0) is 11.3 Å². The summed E-state index contributed by atoms with van der Waals surface area (Å²) in [6.07, 6.45) is -0.495. The zero-order valence-electron chi connectivity index (χ0n) is 12.5. The molecule has 0 bridgehead atoms. The van der Waals surface area contributed by atoms with Gasteiger partial charge in [0.05, 0.1) is 13.7 Å². The SMILES string of the molecule is COc1cc2[nH]c(CNC(=O)OC(C)(C)C)cc2cc1F. The van der Waals surface area contributed by atoms with E-state index in [2.05, 4.69) is 10.3 Å². The molecule has 0 aliphatic heterocycles. The Hall–Kier alpha value is -2.24. The van der Waals surface area contributed by atoms with E-state index in [0.29, 0.717) is 5.39 Å². The molecule has 0 radical (unpaired) electrons. The Labute approximate surface area is 122 Å². The largest absolute Gasteiger partial charge is 0.494 e. The number of alkyl carbamates (subject to hydrolysis) is 1. The molecule has 0 fully saturated rings. The average molecular weight is 294 g/mol. The van der Waals surface area contributed by atoms with Crippen LogP contribution >= 0.6 is 0 Å². The van der Waals surface area contributed by atoms with Gasteiger partial charge in [-0.15, -0.1) is 0 Å². The summed E-state index contributed by atoms with van der Waals surface area (Å²) in [5, 5.41) is 3.36. The first-order valence-corrected chi connectivity index (χ1v) is 6.60. The number of carbonyl (C=O) groups excluding carboxylic acids is 1. The zero-order valence-corrected chi connectivity index (χ0v) is 12.5. The number of halogens is 1. The Balaban J connectivity index is 2.08. The lowest BCUT2D eigenvalue weighted by atomic mass is 10.2. The lowest BCUT2D eigenvalue weighted by Crippen LogP contribution is -2.32. The second kappa shape index (κ2) is 5.63. The molecular weight excluding hydrogens is 275 g/mol. The van der Waals surface area contributed by atoms with E-state index in [4.69, 9.17) is 9.47 Å². The normalized spacial score (nSPS) is 11.5. The minimum Gasteiger partial charge on any atom is -0.494 e. The van der Waals surface area contributed by atoms with Gasteiger partial charge in [-0.25, -0.2) is 9.18 Å². The fraction of sp³-hybridized carbons (Fsp3) is 0.400. The molecule has 0 aliphatic rings. The minimum absolute atomic E-state index is 0.177. The van der Waals surface area contributed by atoms with Gasteiger partial charge in [-0.05, 0) is 32.9 Å². The predicted octanol–water partition coefficient (Wildman–Crippen LogP) is 3.34. The number of nitrogens with one attached hydrogen (secondary N) is 2. The van der Waals surface area contributed by atoms with Crippen LogP contribution in [0.25, 0.3) is 10.9 Å². The standard InChI is InChI=1S/C15H19FN2O3/c1-15(2,3)21-14(19)17-8-10-5-9-6-11(16)13(20-4)7-12(9)18-10/h5-7,18H,8H2,1-4H3,(H,17,19). The molecule has 1 aromatic carbocycles. The monoisotopic (exact) mass is 294 g/mol. The van der Waals surface area contributed by atoms with Gasteiger partial charge in [0, 0.05) is 22.7 Å². The van der Waals surface area contributed by atoms with Crippen LogP contribution in [0.3, 0.4) is 0 Å². The average Bonchev–Trinajstić information content (AvgIpc) is 2.75. The summed E-state index contributed by atoms with van der Waals surface area (Å²) >= 11 is 0. The van der Waals surface area contributed by atoms with E-state index in [-0.39, 0.29) is 12.3 Å². The summed E-state index contributed by atoms with van der Waals surface area (Å²) in [7, 11) is 1.41. The number of aromatic amines is 1. The van der Waals surface area contributed by atoms with E-state index in [1.807, 2.05) is 0 Å². The summed E-state index contributed by atoms with van der Waals surface area (Å²) in [5.41, 5.74) is 0.957. The molecular formula is C15H19FN2O3. The summed E-state index contributed by atoms with van der Waals surface area (Å²) < 4.78 is 23.7. The van der Waals surface area contributed by atoms with Crippen LogP contribution < -0.4 is 10.1 Å². The highest BCUT2D eigenvalue weighted by atomic mass is 19.1. The summed E-state index contributed by atoms with van der Waals surface area (Å²) in [6.45, 7) is 5.66. The van der Waals surface area contributed by atoms with Crippen molar-refractivity contribution >= 4 is 17.0 Å². The minimum atomic E-state index is -0.541. The molecule has 1 heterocycles. The maximum absolute atomic E-state index is 13.6. The second-order valence-electron chi connectivity index (χ2n) is 5.72. The highest BCUT2D eigenvalue weighted by molar-refractivity contribution is 5.82. The number of hydrogen-bond acceptors (Lipinski definition) is 3. The number of hydrogen-bond donors (Lipinski definition) is 2. The quantitative estimate of drug-likeness (QED) is 0.912. The van der Waals surface area contributed by atoms with Crippen molar-refractivity contribution in [3.8, 4) is 5.75 Å². The van der Waals surface area contributed by atoms with Crippen molar-refractivity contribution in [1.29, 1.82) is 0 Å². The van der Waals surface area contributed by atoms with Gasteiger partial charge in [-0.2, -0.15) is 0 Å². The van der Waals surface area contributed by atoms with Gasteiger partial charge in [0.2, 0.25) is 0 Å². The van der Waals surface area contributed by atoms with Gasteiger partial charge in [0.1, 0.15) is 5.60 Å². The molecule has 0 aliphatic carbocycles. The van der Waals surface area contributed by atoms with Gasteiger partial charge < -0.3 is 19.8 Å². The van der Waals surface area contributed by atoms with Gasteiger partial charge in [-0.3, -0.25) is 0 Å². The Morgan fingerprint density at radius 1 is 1.33 bits per heavy atom. The first-order valence-electron chi connectivity index (χ1n) is 6.60. The molecule has 114 valence electrons. The molecule has 21 heavy (non-hydrogen) atoms. The van der Waals surface area contributed by atoms with Crippen molar-refractivity contribution in [3.05, 3.63) is 29.7 Å². The number of carbonyl (C=O) groups is 1. The number of aromatic nitrogens is 1. The number of amides is 1. The molecule has 0 spiro atoms. The predicted molar refractivity (Wildman–Crippen MR) is 77.9 cm³/mol. The van der Waals surface area contributed by atoms with Crippen LogP contribution in [0.5, 0.6) is 5.75 Å². The van der Waals surface area contributed by atoms with E-state index in [0.717, 1.165) is 11.2 Å². The van der Waals surface area contributed by atoms with E-state index in [1.54, 1.807) is 32.9 Å². The highest BCUT2D eigenvalue weighted by Gasteiger charge is 2.16. The smallest absolute Gasteiger partial charge is 0.407 e. The third-order valence-electron chi connectivity index (χ3n) is 2.77. The van der Waals surface area contributed by atoms with Crippen molar-refractivity contribution in [2.45, 2.75) is 32.9 Å². The molecule has 0 saturated carbocycles. The van der Waals surface area contributed by atoms with Crippen LogP contribution in [0.15, 0.2) is 18.2 Å². The maximum Gasteiger partial charge on any atom is 0.407 e. The van der Waals surface area contributed by atoms with E-state index < -0.39 is 17.5 Å². The summed E-state index contributed by atoms with van der Waals surface area (Å²) in [5.74, 6) is -0.244. The number of methoxy groups -OCH3 is 1. The maximum atomic E-state index is 13.6. The Morgan fingerprint density at radius 2 is 2.05 bits per heavy atom. The lowest BCUT2D eigenvalue weighted by molar-refractivity contribution is 0.0523. The lowest BCUT2D eigenvalue weighted by Gasteiger charge is -2.19. The van der Waals surface area contributed by atoms with Crippen molar-refractivity contribution in [1.82, 2.24) is 10.3 Å². The first kappa shape index (κ1) is 15.2. The number of ether oxygens (including phenoxy) is 2. The number of benzene rings is 1. The molecule has 2 rings (SSSR count). The van der Waals surface area contributed by atoms with Gasteiger partial charge >= 0.3 is 6.09 Å². The number of H-pyrrole nitrogens is 1. The van der Waals surface area contributed by atoms with Crippen molar-refractivity contribution in [2.75, 3.05) is 7.11 Å². The van der Waals surface area contributed by atoms with E-state index in [9.17, 15) is 9.18 Å². The topological polar surface area (TPSA) is 63.3 Å². The highest BCUT2D eigenvalue weighted by Crippen LogP contribution is 2.25. The molecule has 2 aromatic rings. The molecule has 0 saturated heterocycles. The fourth-order valence-electron chi connectivity index (χ4n) is 1.93. The van der Waals surface area contributed by atoms with Crippen molar-refractivity contribution in [3.63, 3.8) is 0 Å². The summed E-state index contributed by atoms with van der Waals surface area (Å²) in [4.78, 5) is 14.7.